The zero-order valence-corrected chi connectivity index (χ0v) is 15.0. The fraction of sp³-hybridized carbons (Fsp3) is 0.350. The van der Waals surface area contributed by atoms with Crippen molar-refractivity contribution in [2.75, 3.05) is 13.7 Å². The number of amides is 2. The number of hydrogen-bond donors (Lipinski definition) is 1. The van der Waals surface area contributed by atoms with E-state index in [0.29, 0.717) is 11.3 Å². The molecule has 0 spiro atoms. The van der Waals surface area contributed by atoms with Crippen molar-refractivity contribution in [3.8, 4) is 0 Å². The van der Waals surface area contributed by atoms with Crippen LogP contribution in [0.4, 0.5) is 0 Å². The van der Waals surface area contributed by atoms with Crippen molar-refractivity contribution in [3.63, 3.8) is 0 Å². The third-order valence-corrected chi connectivity index (χ3v) is 5.55. The Morgan fingerprint density at radius 2 is 1.93 bits per heavy atom. The largest absolute Gasteiger partial charge is 0.468 e. The number of fused-ring (bicyclic) bond motifs is 1. The molecule has 4 atom stereocenters. The smallest absolute Gasteiger partial charge is 0.331 e. The second kappa shape index (κ2) is 6.35. The maximum absolute atomic E-state index is 13.2. The summed E-state index contributed by atoms with van der Waals surface area (Å²) in [6.07, 6.45) is 1.51. The first kappa shape index (κ1) is 17.5. The van der Waals surface area contributed by atoms with Gasteiger partial charge in [0.05, 0.1) is 31.3 Å². The average Bonchev–Trinajstić information content (AvgIpc) is 3.39. The summed E-state index contributed by atoms with van der Waals surface area (Å²) in [5, 5.41) is 3.24. The minimum atomic E-state index is -1.46. The zero-order chi connectivity index (χ0) is 19.2. The molecule has 2 aliphatic heterocycles. The van der Waals surface area contributed by atoms with E-state index < -0.39 is 29.4 Å². The lowest BCUT2D eigenvalue weighted by Crippen LogP contribution is -2.53. The highest BCUT2D eigenvalue weighted by molar-refractivity contribution is 6.09. The summed E-state index contributed by atoms with van der Waals surface area (Å²) in [6, 6.07) is 11.8. The molecule has 2 saturated heterocycles. The molecule has 2 fully saturated rings. The highest BCUT2D eigenvalue weighted by atomic mass is 16.5. The molecule has 1 N–H and O–H groups in total. The number of nitrogens with zero attached hydrogens (tertiary/aromatic N) is 1. The molecule has 0 saturated carbocycles. The van der Waals surface area contributed by atoms with Gasteiger partial charge in [0.2, 0.25) is 11.8 Å². The van der Waals surface area contributed by atoms with Gasteiger partial charge in [-0.15, -0.1) is 0 Å². The Morgan fingerprint density at radius 1 is 1.19 bits per heavy atom. The van der Waals surface area contributed by atoms with Crippen LogP contribution in [0.2, 0.25) is 0 Å². The second-order valence-corrected chi connectivity index (χ2v) is 6.73. The Bertz CT molecular complexity index is 879. The number of nitrogens with one attached hydrogen (secondary N) is 1. The van der Waals surface area contributed by atoms with Crippen LogP contribution in [0.5, 0.6) is 0 Å². The summed E-state index contributed by atoms with van der Waals surface area (Å²) >= 11 is 0. The molecule has 0 radical (unpaired) electrons. The van der Waals surface area contributed by atoms with E-state index in [1.807, 2.05) is 6.07 Å². The van der Waals surface area contributed by atoms with E-state index in [2.05, 4.69) is 5.32 Å². The number of likely N-dealkylation sites (tertiary alicyclic amines) is 1. The quantitative estimate of drug-likeness (QED) is 0.652. The molecule has 4 rings (SSSR count). The number of benzene rings is 1. The SMILES string of the molecule is CCN1C(=O)C2C(c3ccco3)NC(C(=O)OC)(c3ccccc3)C2C1=O. The third-order valence-electron chi connectivity index (χ3n) is 5.55. The van der Waals surface area contributed by atoms with Gasteiger partial charge in [0.1, 0.15) is 5.76 Å². The fourth-order valence-corrected chi connectivity index (χ4v) is 4.42. The molecule has 0 bridgehead atoms. The molecule has 2 amide bonds. The predicted molar refractivity (Wildman–Crippen MR) is 94.1 cm³/mol. The molecule has 4 unspecified atom stereocenters. The van der Waals surface area contributed by atoms with Crippen LogP contribution in [0.3, 0.4) is 0 Å². The maximum atomic E-state index is 13.2. The van der Waals surface area contributed by atoms with Crippen LogP contribution in [0.25, 0.3) is 0 Å². The highest BCUT2D eigenvalue weighted by Crippen LogP contribution is 2.53. The summed E-state index contributed by atoms with van der Waals surface area (Å²) in [4.78, 5) is 40.5. The lowest BCUT2D eigenvalue weighted by Gasteiger charge is -2.32. The Labute approximate surface area is 156 Å². The summed E-state index contributed by atoms with van der Waals surface area (Å²) in [5.74, 6) is -2.42. The molecule has 3 heterocycles. The average molecular weight is 368 g/mol. The van der Waals surface area contributed by atoms with Gasteiger partial charge in [-0.25, -0.2) is 4.79 Å². The first-order valence-electron chi connectivity index (χ1n) is 8.86. The van der Waals surface area contributed by atoms with E-state index in [1.54, 1.807) is 43.3 Å². The van der Waals surface area contributed by atoms with Crippen LogP contribution in [-0.2, 0) is 24.7 Å². The van der Waals surface area contributed by atoms with E-state index >= 15 is 0 Å². The number of furan rings is 1. The number of carbonyl (C=O) groups excluding carboxylic acids is 3. The second-order valence-electron chi connectivity index (χ2n) is 6.73. The van der Waals surface area contributed by atoms with Gasteiger partial charge < -0.3 is 9.15 Å². The minimum Gasteiger partial charge on any atom is -0.468 e. The van der Waals surface area contributed by atoms with Crippen molar-refractivity contribution in [3.05, 3.63) is 60.1 Å². The first-order chi connectivity index (χ1) is 13.1. The van der Waals surface area contributed by atoms with Gasteiger partial charge in [0.15, 0.2) is 5.54 Å². The van der Waals surface area contributed by atoms with Crippen molar-refractivity contribution in [1.82, 2.24) is 10.2 Å². The van der Waals surface area contributed by atoms with Crippen LogP contribution < -0.4 is 5.32 Å². The third kappa shape index (κ3) is 2.28. The zero-order valence-electron chi connectivity index (χ0n) is 15.0. The van der Waals surface area contributed by atoms with Gasteiger partial charge in [-0.05, 0) is 24.6 Å². The molecule has 140 valence electrons. The molecule has 0 aliphatic carbocycles. The van der Waals surface area contributed by atoms with Gasteiger partial charge in [-0.1, -0.05) is 30.3 Å². The molecule has 1 aromatic heterocycles. The van der Waals surface area contributed by atoms with Crippen molar-refractivity contribution >= 4 is 17.8 Å². The van der Waals surface area contributed by atoms with Gasteiger partial charge >= 0.3 is 5.97 Å². The molecule has 1 aromatic carbocycles. The van der Waals surface area contributed by atoms with Crippen molar-refractivity contribution in [2.45, 2.75) is 18.5 Å². The molecular formula is C20H20N2O5. The lowest BCUT2D eigenvalue weighted by atomic mass is 9.75. The summed E-state index contributed by atoms with van der Waals surface area (Å²) < 4.78 is 10.6. The van der Waals surface area contributed by atoms with Gasteiger partial charge in [-0.2, -0.15) is 0 Å². The topological polar surface area (TPSA) is 88.8 Å². The van der Waals surface area contributed by atoms with Crippen LogP contribution in [0.1, 0.15) is 24.3 Å². The van der Waals surface area contributed by atoms with Crippen molar-refractivity contribution in [1.29, 1.82) is 0 Å². The Hall–Kier alpha value is -2.93. The van der Waals surface area contributed by atoms with Gasteiger partial charge in [0, 0.05) is 6.54 Å². The Morgan fingerprint density at radius 3 is 2.52 bits per heavy atom. The first-order valence-corrected chi connectivity index (χ1v) is 8.86. The Kier molecular flexibility index (Phi) is 4.11. The number of rotatable bonds is 4. The summed E-state index contributed by atoms with van der Waals surface area (Å²) in [5.41, 5.74) is -0.880. The standard InChI is InChI=1S/C20H20N2O5/c1-3-22-17(23)14-15(18(22)24)20(19(25)26-2,12-8-5-4-6-9-12)21-16(14)13-10-7-11-27-13/h4-11,14-16,21H,3H2,1-2H3. The molecule has 7 heteroatoms. The minimum absolute atomic E-state index is 0.252. The number of hydrogen-bond acceptors (Lipinski definition) is 6. The van der Waals surface area contributed by atoms with Gasteiger partial charge in [0.25, 0.3) is 0 Å². The van der Waals surface area contributed by atoms with Crippen LogP contribution in [0, 0.1) is 11.8 Å². The van der Waals surface area contributed by atoms with Crippen molar-refractivity contribution < 1.29 is 23.5 Å². The van der Waals surface area contributed by atoms with Crippen LogP contribution in [-0.4, -0.2) is 36.3 Å². The lowest BCUT2D eigenvalue weighted by molar-refractivity contribution is -0.154. The monoisotopic (exact) mass is 368 g/mol. The number of methoxy groups -OCH3 is 1. The number of carbonyl (C=O) groups is 3. The summed E-state index contributed by atoms with van der Waals surface area (Å²) in [7, 11) is 1.28. The fourth-order valence-electron chi connectivity index (χ4n) is 4.42. The van der Waals surface area contributed by atoms with E-state index in [0.717, 1.165) is 0 Å². The molecular weight excluding hydrogens is 348 g/mol. The van der Waals surface area contributed by atoms with Crippen LogP contribution >= 0.6 is 0 Å². The van der Waals surface area contributed by atoms with Crippen LogP contribution in [0.15, 0.2) is 53.1 Å². The van der Waals surface area contributed by atoms with E-state index in [4.69, 9.17) is 9.15 Å². The molecule has 2 aliphatic rings. The molecule has 7 nitrogen and oxygen atoms in total. The van der Waals surface area contributed by atoms with E-state index in [1.165, 1.54) is 18.3 Å². The Balaban J connectivity index is 1.95. The predicted octanol–water partition coefficient (Wildman–Crippen LogP) is 1.61. The normalized spacial score (nSPS) is 29.9. The van der Waals surface area contributed by atoms with Gasteiger partial charge in [-0.3, -0.25) is 19.8 Å². The highest BCUT2D eigenvalue weighted by Gasteiger charge is 2.69. The maximum Gasteiger partial charge on any atom is 0.331 e. The van der Waals surface area contributed by atoms with Crippen molar-refractivity contribution in [2.24, 2.45) is 11.8 Å². The van der Waals surface area contributed by atoms with E-state index in [-0.39, 0.29) is 18.4 Å². The number of imide groups is 1. The summed E-state index contributed by atoms with van der Waals surface area (Å²) in [6.45, 7) is 2.00. The molecule has 27 heavy (non-hydrogen) atoms. The molecule has 2 aromatic rings. The number of ether oxygens (including phenoxy) is 1. The number of esters is 1. The van der Waals surface area contributed by atoms with E-state index in [9.17, 15) is 14.4 Å².